The minimum atomic E-state index is 0.0860. The van der Waals surface area contributed by atoms with E-state index in [0.29, 0.717) is 12.6 Å². The van der Waals surface area contributed by atoms with Crippen molar-refractivity contribution < 1.29 is 4.79 Å². The molecule has 1 aromatic rings. The lowest BCUT2D eigenvalue weighted by Gasteiger charge is -2.32. The maximum atomic E-state index is 12.7. The number of amides is 1. The van der Waals surface area contributed by atoms with Gasteiger partial charge >= 0.3 is 0 Å². The number of nitrogens with one attached hydrogen (secondary N) is 1. The van der Waals surface area contributed by atoms with Gasteiger partial charge in [0.25, 0.3) is 0 Å². The molecule has 1 aliphatic carbocycles. The Balaban J connectivity index is 1.29. The van der Waals surface area contributed by atoms with Crippen molar-refractivity contribution in [1.29, 1.82) is 0 Å². The summed E-state index contributed by atoms with van der Waals surface area (Å²) in [7, 11) is 0. The molecule has 3 aliphatic rings. The van der Waals surface area contributed by atoms with Crippen LogP contribution in [0.3, 0.4) is 0 Å². The van der Waals surface area contributed by atoms with Gasteiger partial charge in [-0.15, -0.1) is 0 Å². The smallest absolute Gasteiger partial charge is 0.234 e. The number of carbonyl (C=O) groups is 1. The van der Waals surface area contributed by atoms with Crippen molar-refractivity contribution in [2.75, 3.05) is 32.7 Å². The molecule has 28 heavy (non-hydrogen) atoms. The van der Waals surface area contributed by atoms with Gasteiger partial charge in [0.15, 0.2) is 0 Å². The molecular formula is C24H37N3O. The van der Waals surface area contributed by atoms with Crippen molar-refractivity contribution in [1.82, 2.24) is 15.1 Å². The highest BCUT2D eigenvalue weighted by Gasteiger charge is 2.28. The second-order valence-corrected chi connectivity index (χ2v) is 9.15. The van der Waals surface area contributed by atoms with Gasteiger partial charge in [-0.2, -0.15) is 0 Å². The normalized spacial score (nSPS) is 24.7. The number of carbonyl (C=O) groups excluding carboxylic acids is 1. The summed E-state index contributed by atoms with van der Waals surface area (Å²) < 4.78 is 0. The van der Waals surface area contributed by atoms with Crippen LogP contribution in [0, 0.1) is 0 Å². The molecule has 154 valence electrons. The molecule has 1 N–H and O–H groups in total. The van der Waals surface area contributed by atoms with Gasteiger partial charge in [0.2, 0.25) is 5.91 Å². The molecule has 2 aliphatic heterocycles. The van der Waals surface area contributed by atoms with E-state index in [-0.39, 0.29) is 11.9 Å². The topological polar surface area (TPSA) is 35.6 Å². The molecule has 1 amide bonds. The van der Waals surface area contributed by atoms with Crippen LogP contribution in [-0.2, 0) is 17.6 Å². The monoisotopic (exact) mass is 383 g/mol. The lowest BCUT2D eigenvalue weighted by molar-refractivity contribution is -0.123. The van der Waals surface area contributed by atoms with Crippen LogP contribution in [0.25, 0.3) is 0 Å². The lowest BCUT2D eigenvalue weighted by atomic mass is 9.89. The predicted octanol–water partition coefficient (Wildman–Crippen LogP) is 3.69. The van der Waals surface area contributed by atoms with Crippen LogP contribution in [0.15, 0.2) is 18.2 Å². The van der Waals surface area contributed by atoms with E-state index in [9.17, 15) is 4.79 Å². The van der Waals surface area contributed by atoms with Crippen molar-refractivity contribution in [3.63, 3.8) is 0 Å². The summed E-state index contributed by atoms with van der Waals surface area (Å²) in [6.07, 6.45) is 11.5. The third-order valence-corrected chi connectivity index (χ3v) is 7.01. The Morgan fingerprint density at radius 3 is 2.64 bits per heavy atom. The Morgan fingerprint density at radius 1 is 1.04 bits per heavy atom. The van der Waals surface area contributed by atoms with Gasteiger partial charge in [-0.25, -0.2) is 0 Å². The van der Waals surface area contributed by atoms with Crippen molar-refractivity contribution >= 4 is 5.91 Å². The van der Waals surface area contributed by atoms with Gasteiger partial charge in [0, 0.05) is 12.6 Å². The minimum Gasteiger partial charge on any atom is -0.348 e. The van der Waals surface area contributed by atoms with E-state index < -0.39 is 0 Å². The Morgan fingerprint density at radius 2 is 1.82 bits per heavy atom. The fourth-order valence-corrected chi connectivity index (χ4v) is 5.33. The predicted molar refractivity (Wildman–Crippen MR) is 115 cm³/mol. The number of hydrogen-bond donors (Lipinski definition) is 1. The summed E-state index contributed by atoms with van der Waals surface area (Å²) in [5, 5.41) is 3.26. The summed E-state index contributed by atoms with van der Waals surface area (Å²) in [6, 6.07) is 7.46. The molecule has 2 unspecified atom stereocenters. The summed E-state index contributed by atoms with van der Waals surface area (Å²) in [4.78, 5) is 17.8. The van der Waals surface area contributed by atoms with Crippen LogP contribution < -0.4 is 5.32 Å². The van der Waals surface area contributed by atoms with E-state index in [0.717, 1.165) is 13.1 Å². The highest BCUT2D eigenvalue weighted by molar-refractivity contribution is 5.78. The summed E-state index contributed by atoms with van der Waals surface area (Å²) in [5.41, 5.74) is 4.25. The number of nitrogens with zero attached hydrogens (tertiary/aromatic N) is 2. The highest BCUT2D eigenvalue weighted by Crippen LogP contribution is 2.25. The van der Waals surface area contributed by atoms with Crippen LogP contribution in [0.5, 0.6) is 0 Å². The molecule has 4 nitrogen and oxygen atoms in total. The van der Waals surface area contributed by atoms with Crippen LogP contribution >= 0.6 is 0 Å². The molecule has 0 bridgehead atoms. The zero-order valence-corrected chi connectivity index (χ0v) is 17.6. The number of hydrogen-bond acceptors (Lipinski definition) is 3. The number of benzene rings is 1. The van der Waals surface area contributed by atoms with Crippen LogP contribution in [0.4, 0.5) is 0 Å². The van der Waals surface area contributed by atoms with Gasteiger partial charge in [0.05, 0.1) is 12.6 Å². The average molecular weight is 384 g/mol. The second-order valence-electron chi connectivity index (χ2n) is 9.15. The highest BCUT2D eigenvalue weighted by atomic mass is 16.2. The van der Waals surface area contributed by atoms with Gasteiger partial charge in [-0.05, 0) is 94.6 Å². The largest absolute Gasteiger partial charge is 0.348 e. The summed E-state index contributed by atoms with van der Waals surface area (Å²) >= 11 is 0. The quantitative estimate of drug-likeness (QED) is 0.814. The summed E-state index contributed by atoms with van der Waals surface area (Å²) in [6.45, 7) is 7.37. The number of aryl methyl sites for hydroxylation is 2. The first-order chi connectivity index (χ1) is 13.7. The van der Waals surface area contributed by atoms with Crippen LogP contribution in [-0.4, -0.2) is 54.5 Å². The van der Waals surface area contributed by atoms with E-state index in [1.165, 1.54) is 87.6 Å². The van der Waals surface area contributed by atoms with E-state index >= 15 is 0 Å². The molecule has 4 rings (SSSR count). The molecule has 2 fully saturated rings. The Bertz CT molecular complexity index is 668. The average Bonchev–Trinajstić information content (AvgIpc) is 3.14. The van der Waals surface area contributed by atoms with Crippen molar-refractivity contribution in [3.05, 3.63) is 34.9 Å². The van der Waals surface area contributed by atoms with Crippen molar-refractivity contribution in [3.8, 4) is 0 Å². The number of fused-ring (bicyclic) bond motifs is 1. The first kappa shape index (κ1) is 19.9. The maximum Gasteiger partial charge on any atom is 0.234 e. The fourth-order valence-electron chi connectivity index (χ4n) is 5.33. The van der Waals surface area contributed by atoms with Gasteiger partial charge in [-0.3, -0.25) is 9.69 Å². The molecule has 2 atom stereocenters. The van der Waals surface area contributed by atoms with Crippen LogP contribution in [0.1, 0.15) is 74.6 Å². The molecule has 2 saturated heterocycles. The molecule has 0 aromatic heterocycles. The van der Waals surface area contributed by atoms with Crippen molar-refractivity contribution in [2.24, 2.45) is 0 Å². The molecule has 2 heterocycles. The molecule has 0 spiro atoms. The molecule has 1 aromatic carbocycles. The molecule has 0 radical (unpaired) electrons. The van der Waals surface area contributed by atoms with Crippen molar-refractivity contribution in [2.45, 2.75) is 76.8 Å². The van der Waals surface area contributed by atoms with Gasteiger partial charge in [-0.1, -0.05) is 24.6 Å². The standard InChI is InChI=1S/C24H37N3O/c1-19(21-12-11-20-8-3-4-9-22(20)16-21)25-24(28)18-27-15-7-10-23(27)17-26-13-5-2-6-14-26/h11-12,16,19,23H,2-10,13-15,17-18H2,1H3,(H,25,28). The second kappa shape index (κ2) is 9.41. The zero-order valence-electron chi connectivity index (χ0n) is 17.6. The van der Waals surface area contributed by atoms with E-state index in [1.54, 1.807) is 0 Å². The zero-order chi connectivity index (χ0) is 19.3. The Hall–Kier alpha value is -1.39. The molecular weight excluding hydrogens is 346 g/mol. The number of likely N-dealkylation sites (tertiary alicyclic amines) is 2. The molecule has 4 heteroatoms. The first-order valence-corrected chi connectivity index (χ1v) is 11.6. The van der Waals surface area contributed by atoms with Gasteiger partial charge < -0.3 is 10.2 Å². The van der Waals surface area contributed by atoms with E-state index in [2.05, 4.69) is 40.2 Å². The summed E-state index contributed by atoms with van der Waals surface area (Å²) in [5.74, 6) is 0.177. The number of rotatable bonds is 6. The molecule has 0 saturated carbocycles. The SMILES string of the molecule is CC(NC(=O)CN1CCCC1CN1CCCCC1)c1ccc2c(c1)CCCC2. The minimum absolute atomic E-state index is 0.0860. The third-order valence-electron chi connectivity index (χ3n) is 7.01. The lowest BCUT2D eigenvalue weighted by Crippen LogP contribution is -2.46. The fraction of sp³-hybridized carbons (Fsp3) is 0.708. The number of piperidine rings is 1. The maximum absolute atomic E-state index is 12.7. The first-order valence-electron chi connectivity index (χ1n) is 11.6. The van der Waals surface area contributed by atoms with E-state index in [1.807, 2.05) is 0 Å². The third kappa shape index (κ3) is 4.96. The Kier molecular flexibility index (Phi) is 6.69. The van der Waals surface area contributed by atoms with E-state index in [4.69, 9.17) is 0 Å². The van der Waals surface area contributed by atoms with Gasteiger partial charge in [0.1, 0.15) is 0 Å². The Labute approximate surface area is 170 Å². The van der Waals surface area contributed by atoms with Crippen LogP contribution in [0.2, 0.25) is 0 Å².